The third-order valence-corrected chi connectivity index (χ3v) is 5.07. The molecule has 0 saturated carbocycles. The Morgan fingerprint density at radius 2 is 1.84 bits per heavy atom. The number of nitrogens with one attached hydrogen (secondary N) is 1. The molecule has 32 heavy (non-hydrogen) atoms. The predicted octanol–water partition coefficient (Wildman–Crippen LogP) is 4.08. The van der Waals surface area contributed by atoms with Crippen molar-refractivity contribution in [2.45, 2.75) is 19.6 Å². The lowest BCUT2D eigenvalue weighted by molar-refractivity contribution is -0.0493. The van der Waals surface area contributed by atoms with Gasteiger partial charge in [0.2, 0.25) is 0 Å². The standard InChI is InChI=1S/C22H23F2N5O3/c23-21(24)31-18-10-5-4-9-17(18)25-22(30)29-12-6-11-28(13-14-29)15-19-26-20(32-27-19)16-7-2-1-3-8-16/h1-5,7-10,21H,6,11-15H2,(H,25,30). The minimum absolute atomic E-state index is 0.0707. The van der Waals surface area contributed by atoms with E-state index < -0.39 is 6.61 Å². The largest absolute Gasteiger partial charge is 0.433 e. The molecule has 1 aliphatic heterocycles. The second-order valence-electron chi connectivity index (χ2n) is 7.30. The highest BCUT2D eigenvalue weighted by Crippen LogP contribution is 2.26. The number of hydrogen-bond donors (Lipinski definition) is 1. The number of carbonyl (C=O) groups is 1. The summed E-state index contributed by atoms with van der Waals surface area (Å²) in [4.78, 5) is 21.0. The zero-order chi connectivity index (χ0) is 22.3. The first-order valence-corrected chi connectivity index (χ1v) is 10.3. The fourth-order valence-electron chi connectivity index (χ4n) is 3.51. The van der Waals surface area contributed by atoms with Crippen molar-refractivity contribution < 1.29 is 22.8 Å². The van der Waals surface area contributed by atoms with Gasteiger partial charge in [-0.15, -0.1) is 0 Å². The Morgan fingerprint density at radius 3 is 2.66 bits per heavy atom. The van der Waals surface area contributed by atoms with Crippen molar-refractivity contribution in [1.29, 1.82) is 0 Å². The molecule has 2 amide bonds. The van der Waals surface area contributed by atoms with Gasteiger partial charge in [-0.2, -0.15) is 13.8 Å². The number of anilines is 1. The molecule has 0 radical (unpaired) electrons. The zero-order valence-electron chi connectivity index (χ0n) is 17.3. The van der Waals surface area contributed by atoms with Gasteiger partial charge in [0, 0.05) is 31.7 Å². The molecule has 10 heteroatoms. The summed E-state index contributed by atoms with van der Waals surface area (Å²) < 4.78 is 35.0. The minimum Gasteiger partial charge on any atom is -0.433 e. The Labute approximate surface area is 183 Å². The number of halogens is 2. The highest BCUT2D eigenvalue weighted by Gasteiger charge is 2.22. The molecule has 0 atom stereocenters. The van der Waals surface area contributed by atoms with Gasteiger partial charge >= 0.3 is 12.6 Å². The van der Waals surface area contributed by atoms with Crippen LogP contribution in [0.4, 0.5) is 19.3 Å². The lowest BCUT2D eigenvalue weighted by Gasteiger charge is -2.22. The highest BCUT2D eigenvalue weighted by atomic mass is 19.3. The molecule has 2 aromatic carbocycles. The SMILES string of the molecule is O=C(Nc1ccccc1OC(F)F)N1CCCN(Cc2noc(-c3ccccc3)n2)CC1. The van der Waals surface area contributed by atoms with E-state index in [4.69, 9.17) is 4.52 Å². The maximum atomic E-state index is 12.7. The fraction of sp³-hybridized carbons (Fsp3) is 0.318. The van der Waals surface area contributed by atoms with Crippen LogP contribution in [0.15, 0.2) is 59.1 Å². The Morgan fingerprint density at radius 1 is 1.06 bits per heavy atom. The molecule has 0 aliphatic carbocycles. The quantitative estimate of drug-likeness (QED) is 0.618. The van der Waals surface area contributed by atoms with Crippen LogP contribution in [-0.4, -0.2) is 58.8 Å². The normalized spacial score (nSPS) is 14.9. The first-order valence-electron chi connectivity index (χ1n) is 10.3. The van der Waals surface area contributed by atoms with Crippen LogP contribution in [-0.2, 0) is 6.54 Å². The smallest absolute Gasteiger partial charge is 0.387 e. The molecule has 1 fully saturated rings. The van der Waals surface area contributed by atoms with Crippen LogP contribution < -0.4 is 10.1 Å². The first-order chi connectivity index (χ1) is 15.6. The molecule has 8 nitrogen and oxygen atoms in total. The van der Waals surface area contributed by atoms with E-state index in [0.717, 1.165) is 18.5 Å². The van der Waals surface area contributed by atoms with E-state index in [-0.39, 0.29) is 17.5 Å². The number of alkyl halides is 2. The van der Waals surface area contributed by atoms with Gasteiger partial charge in [-0.1, -0.05) is 35.5 Å². The average molecular weight is 443 g/mol. The molecule has 4 rings (SSSR count). The van der Waals surface area contributed by atoms with Crippen LogP contribution in [0.2, 0.25) is 0 Å². The van der Waals surface area contributed by atoms with Crippen LogP contribution in [0.1, 0.15) is 12.2 Å². The van der Waals surface area contributed by atoms with E-state index in [1.165, 1.54) is 12.1 Å². The summed E-state index contributed by atoms with van der Waals surface area (Å²) in [6.07, 6.45) is 0.756. The Kier molecular flexibility index (Phi) is 6.90. The van der Waals surface area contributed by atoms with Crippen molar-refractivity contribution >= 4 is 11.7 Å². The van der Waals surface area contributed by atoms with E-state index >= 15 is 0 Å². The zero-order valence-corrected chi connectivity index (χ0v) is 17.3. The van der Waals surface area contributed by atoms with Gasteiger partial charge in [0.15, 0.2) is 5.82 Å². The van der Waals surface area contributed by atoms with Gasteiger partial charge in [0.25, 0.3) is 5.89 Å². The molecule has 1 saturated heterocycles. The first kappa shape index (κ1) is 21.7. The summed E-state index contributed by atoms with van der Waals surface area (Å²) in [5.74, 6) is 0.986. The van der Waals surface area contributed by atoms with Crippen molar-refractivity contribution in [2.24, 2.45) is 0 Å². The molecule has 0 bridgehead atoms. The van der Waals surface area contributed by atoms with Gasteiger partial charge < -0.3 is 19.5 Å². The number of urea groups is 1. The van der Waals surface area contributed by atoms with Crippen LogP contribution in [0, 0.1) is 0 Å². The summed E-state index contributed by atoms with van der Waals surface area (Å²) in [6, 6.07) is 15.3. The third kappa shape index (κ3) is 5.58. The van der Waals surface area contributed by atoms with E-state index in [1.807, 2.05) is 30.3 Å². The van der Waals surface area contributed by atoms with E-state index in [2.05, 4.69) is 25.1 Å². The molecule has 0 unspecified atom stereocenters. The lowest BCUT2D eigenvalue weighted by atomic mass is 10.2. The van der Waals surface area contributed by atoms with Gasteiger partial charge in [-0.25, -0.2) is 4.79 Å². The van der Waals surface area contributed by atoms with Crippen LogP contribution in [0.25, 0.3) is 11.5 Å². The predicted molar refractivity (Wildman–Crippen MR) is 113 cm³/mol. The molecule has 1 aromatic heterocycles. The number of para-hydroxylation sites is 2. The molecule has 3 aromatic rings. The number of aromatic nitrogens is 2. The van der Waals surface area contributed by atoms with Gasteiger partial charge in [-0.3, -0.25) is 4.90 Å². The van der Waals surface area contributed by atoms with Crippen LogP contribution in [0.5, 0.6) is 5.75 Å². The minimum atomic E-state index is -2.97. The fourth-order valence-corrected chi connectivity index (χ4v) is 3.51. The van der Waals surface area contributed by atoms with Gasteiger partial charge in [-0.05, 0) is 30.7 Å². The van der Waals surface area contributed by atoms with Crippen molar-refractivity contribution in [3.8, 4) is 17.2 Å². The van der Waals surface area contributed by atoms with E-state index in [1.54, 1.807) is 17.0 Å². The average Bonchev–Trinajstić information content (AvgIpc) is 3.13. The number of amides is 2. The van der Waals surface area contributed by atoms with Crippen molar-refractivity contribution in [2.75, 3.05) is 31.5 Å². The maximum absolute atomic E-state index is 12.7. The molecular formula is C22H23F2N5O3. The lowest BCUT2D eigenvalue weighted by Crippen LogP contribution is -2.38. The van der Waals surface area contributed by atoms with Gasteiger partial charge in [0.05, 0.1) is 12.2 Å². The summed E-state index contributed by atoms with van der Waals surface area (Å²) in [5, 5.41) is 6.73. The van der Waals surface area contributed by atoms with Crippen LogP contribution in [0.3, 0.4) is 0 Å². The number of benzene rings is 2. The monoisotopic (exact) mass is 443 g/mol. The molecule has 1 aliphatic rings. The number of rotatable bonds is 6. The second-order valence-corrected chi connectivity index (χ2v) is 7.30. The Balaban J connectivity index is 1.33. The third-order valence-electron chi connectivity index (χ3n) is 5.07. The van der Waals surface area contributed by atoms with Gasteiger partial charge in [0.1, 0.15) is 5.75 Å². The number of nitrogens with zero attached hydrogens (tertiary/aromatic N) is 4. The van der Waals surface area contributed by atoms with E-state index in [9.17, 15) is 13.6 Å². The van der Waals surface area contributed by atoms with Crippen molar-refractivity contribution in [1.82, 2.24) is 19.9 Å². The van der Waals surface area contributed by atoms with E-state index in [0.29, 0.717) is 37.9 Å². The maximum Gasteiger partial charge on any atom is 0.387 e. The molecule has 168 valence electrons. The summed E-state index contributed by atoms with van der Waals surface area (Å²) in [7, 11) is 0. The Hall–Kier alpha value is -3.53. The molecular weight excluding hydrogens is 420 g/mol. The van der Waals surface area contributed by atoms with Crippen molar-refractivity contribution in [3.63, 3.8) is 0 Å². The van der Waals surface area contributed by atoms with Crippen molar-refractivity contribution in [3.05, 3.63) is 60.4 Å². The molecule has 0 spiro atoms. The molecule has 2 heterocycles. The summed E-state index contributed by atoms with van der Waals surface area (Å²) >= 11 is 0. The Bertz CT molecular complexity index is 1030. The number of carbonyl (C=O) groups excluding carboxylic acids is 1. The second kappa shape index (κ2) is 10.2. The molecule has 1 N–H and O–H groups in total. The summed E-state index contributed by atoms with van der Waals surface area (Å²) in [5.41, 5.74) is 1.07. The number of ether oxygens (including phenoxy) is 1. The van der Waals surface area contributed by atoms with Crippen LogP contribution >= 0.6 is 0 Å². The highest BCUT2D eigenvalue weighted by molar-refractivity contribution is 5.91. The summed E-state index contributed by atoms with van der Waals surface area (Å²) in [6.45, 7) is -0.0413. The topological polar surface area (TPSA) is 83.7 Å². The number of hydrogen-bond acceptors (Lipinski definition) is 6.